The van der Waals surface area contributed by atoms with Crippen molar-refractivity contribution >= 4 is 5.91 Å². The fraction of sp³-hybridized carbons (Fsp3) is 0.700. The Morgan fingerprint density at radius 1 is 1.54 bits per heavy atom. The van der Waals surface area contributed by atoms with Crippen molar-refractivity contribution in [1.29, 1.82) is 0 Å². The zero-order valence-electron chi connectivity index (χ0n) is 7.89. The quantitative estimate of drug-likeness (QED) is 0.606. The van der Waals surface area contributed by atoms with Crippen molar-refractivity contribution in [2.75, 3.05) is 0 Å². The third-order valence-corrected chi connectivity index (χ3v) is 3.64. The summed E-state index contributed by atoms with van der Waals surface area (Å²) in [5.74, 6) is 2.24. The van der Waals surface area contributed by atoms with E-state index in [4.69, 9.17) is 4.74 Å². The first-order valence-corrected chi connectivity index (χ1v) is 4.81. The third kappa shape index (κ3) is 0.729. The molecule has 2 aliphatic carbocycles. The molecule has 1 heterocycles. The topological polar surface area (TPSA) is 38.3 Å². The van der Waals surface area contributed by atoms with Gasteiger partial charge in [-0.3, -0.25) is 4.79 Å². The van der Waals surface area contributed by atoms with Gasteiger partial charge in [0.1, 0.15) is 5.76 Å². The monoisotopic (exact) mass is 179 g/mol. The number of rotatable bonds is 0. The lowest BCUT2D eigenvalue weighted by Gasteiger charge is -2.43. The Labute approximate surface area is 77.1 Å². The van der Waals surface area contributed by atoms with Crippen LogP contribution < -0.4 is 5.32 Å². The maximum absolute atomic E-state index is 11.7. The fourth-order valence-corrected chi connectivity index (χ4v) is 2.56. The lowest BCUT2D eigenvalue weighted by Crippen LogP contribution is -2.57. The zero-order chi connectivity index (χ0) is 9.22. The number of nitrogens with one attached hydrogen (secondary N) is 1. The first-order chi connectivity index (χ1) is 6.13. The van der Waals surface area contributed by atoms with Gasteiger partial charge in [0, 0.05) is 5.92 Å². The predicted octanol–water partition coefficient (Wildman–Crippen LogP) is 1.16. The summed E-state index contributed by atoms with van der Waals surface area (Å²) in [6.07, 6.45) is 2.11. The van der Waals surface area contributed by atoms with Gasteiger partial charge >= 0.3 is 0 Å². The Morgan fingerprint density at radius 2 is 2.31 bits per heavy atom. The van der Waals surface area contributed by atoms with Crippen molar-refractivity contribution in [2.24, 2.45) is 11.8 Å². The average Bonchev–Trinajstić information content (AvgIpc) is 2.71. The minimum Gasteiger partial charge on any atom is -0.480 e. The van der Waals surface area contributed by atoms with Gasteiger partial charge in [0.15, 0.2) is 5.60 Å². The van der Waals surface area contributed by atoms with Gasteiger partial charge in [-0.1, -0.05) is 0 Å². The SMILES string of the molecule is CC1=C(C)OC2(C[C@@H]3CC32)C(=O)N1. The second-order valence-corrected chi connectivity index (χ2v) is 4.43. The molecule has 0 aromatic heterocycles. The molecule has 1 aliphatic heterocycles. The highest BCUT2D eigenvalue weighted by molar-refractivity contribution is 5.90. The summed E-state index contributed by atoms with van der Waals surface area (Å²) < 4.78 is 5.76. The molecular formula is C10H13NO2. The molecule has 1 spiro atoms. The number of carbonyl (C=O) groups is 1. The molecule has 1 amide bonds. The smallest absolute Gasteiger partial charge is 0.268 e. The van der Waals surface area contributed by atoms with Crippen molar-refractivity contribution in [3.63, 3.8) is 0 Å². The van der Waals surface area contributed by atoms with Gasteiger partial charge in [-0.15, -0.1) is 0 Å². The standard InChI is InChI=1S/C10H13NO2/c1-5-6(2)13-10(9(12)11-5)4-7-3-8(7)10/h7-8H,3-4H2,1-2H3,(H,11,12)/t7-,8?,10?/m0/s1. The number of carbonyl (C=O) groups excluding carboxylic acids is 1. The highest BCUT2D eigenvalue weighted by Crippen LogP contribution is 2.65. The van der Waals surface area contributed by atoms with E-state index in [1.165, 1.54) is 6.42 Å². The van der Waals surface area contributed by atoms with Crippen LogP contribution in [0.4, 0.5) is 0 Å². The first-order valence-electron chi connectivity index (χ1n) is 4.81. The van der Waals surface area contributed by atoms with Crippen molar-refractivity contribution < 1.29 is 9.53 Å². The summed E-state index contributed by atoms with van der Waals surface area (Å²) in [7, 11) is 0. The lowest BCUT2D eigenvalue weighted by molar-refractivity contribution is -0.158. The van der Waals surface area contributed by atoms with Gasteiger partial charge in [-0.25, -0.2) is 0 Å². The predicted molar refractivity (Wildman–Crippen MR) is 46.5 cm³/mol. The number of amides is 1. The van der Waals surface area contributed by atoms with Gasteiger partial charge in [-0.05, 0) is 32.6 Å². The fourth-order valence-electron chi connectivity index (χ4n) is 2.56. The lowest BCUT2D eigenvalue weighted by atomic mass is 9.78. The molecule has 13 heavy (non-hydrogen) atoms. The summed E-state index contributed by atoms with van der Waals surface area (Å²) in [5, 5.41) is 2.89. The molecule has 3 heteroatoms. The maximum atomic E-state index is 11.7. The molecule has 2 saturated carbocycles. The summed E-state index contributed by atoms with van der Waals surface area (Å²) in [6.45, 7) is 3.80. The molecule has 2 fully saturated rings. The average molecular weight is 179 g/mol. The summed E-state index contributed by atoms with van der Waals surface area (Å²) in [5.41, 5.74) is 0.397. The van der Waals surface area contributed by atoms with E-state index in [1.807, 2.05) is 13.8 Å². The highest BCUT2D eigenvalue weighted by atomic mass is 16.5. The van der Waals surface area contributed by atoms with Crippen LogP contribution in [0.25, 0.3) is 0 Å². The molecule has 0 saturated heterocycles. The number of ether oxygens (including phenoxy) is 1. The van der Waals surface area contributed by atoms with Gasteiger partial charge in [0.05, 0.1) is 5.70 Å². The molecule has 1 N–H and O–H groups in total. The number of hydrogen-bond donors (Lipinski definition) is 1. The van der Waals surface area contributed by atoms with Crippen molar-refractivity contribution in [2.45, 2.75) is 32.3 Å². The van der Waals surface area contributed by atoms with E-state index in [-0.39, 0.29) is 5.91 Å². The molecular weight excluding hydrogens is 166 g/mol. The second kappa shape index (κ2) is 1.91. The minimum absolute atomic E-state index is 0.0781. The van der Waals surface area contributed by atoms with Crippen LogP contribution in [0.3, 0.4) is 0 Å². The second-order valence-electron chi connectivity index (χ2n) is 4.43. The van der Waals surface area contributed by atoms with Crippen molar-refractivity contribution in [3.05, 3.63) is 11.5 Å². The largest absolute Gasteiger partial charge is 0.480 e. The molecule has 0 bridgehead atoms. The molecule has 3 nitrogen and oxygen atoms in total. The first kappa shape index (κ1) is 7.42. The van der Waals surface area contributed by atoms with E-state index >= 15 is 0 Å². The van der Waals surface area contributed by atoms with Gasteiger partial charge in [-0.2, -0.15) is 0 Å². The molecule has 3 atom stereocenters. The number of fused-ring (bicyclic) bond motifs is 2. The van der Waals surface area contributed by atoms with E-state index in [0.29, 0.717) is 5.92 Å². The highest BCUT2D eigenvalue weighted by Gasteiger charge is 2.70. The van der Waals surface area contributed by atoms with Crippen LogP contribution in [-0.2, 0) is 9.53 Å². The number of allylic oxidation sites excluding steroid dienone is 2. The van der Waals surface area contributed by atoms with Gasteiger partial charge in [0.25, 0.3) is 5.91 Å². The van der Waals surface area contributed by atoms with Crippen LogP contribution in [-0.4, -0.2) is 11.5 Å². The van der Waals surface area contributed by atoms with Crippen molar-refractivity contribution in [1.82, 2.24) is 5.32 Å². The Kier molecular flexibility index (Phi) is 1.09. The van der Waals surface area contributed by atoms with E-state index in [2.05, 4.69) is 5.32 Å². The Balaban J connectivity index is 1.95. The van der Waals surface area contributed by atoms with Crippen molar-refractivity contribution in [3.8, 4) is 0 Å². The molecule has 3 aliphatic rings. The third-order valence-electron chi connectivity index (χ3n) is 3.64. The summed E-state index contributed by atoms with van der Waals surface area (Å²) in [4.78, 5) is 11.7. The molecule has 0 aromatic carbocycles. The van der Waals surface area contributed by atoms with E-state index < -0.39 is 5.60 Å². The summed E-state index contributed by atoms with van der Waals surface area (Å²) in [6, 6.07) is 0. The molecule has 70 valence electrons. The molecule has 3 rings (SSSR count). The van der Waals surface area contributed by atoms with Crippen LogP contribution in [0.2, 0.25) is 0 Å². The van der Waals surface area contributed by atoms with Crippen LogP contribution >= 0.6 is 0 Å². The molecule has 2 unspecified atom stereocenters. The van der Waals surface area contributed by atoms with Crippen LogP contribution in [0.1, 0.15) is 26.7 Å². The molecule has 0 radical (unpaired) electrons. The van der Waals surface area contributed by atoms with E-state index in [0.717, 1.165) is 23.8 Å². The van der Waals surface area contributed by atoms with Crippen LogP contribution in [0.15, 0.2) is 11.5 Å². The normalized spacial score (nSPS) is 46.5. The Morgan fingerprint density at radius 3 is 2.85 bits per heavy atom. The maximum Gasteiger partial charge on any atom is 0.268 e. The minimum atomic E-state index is -0.464. The van der Waals surface area contributed by atoms with E-state index in [9.17, 15) is 4.79 Å². The number of hydrogen-bond acceptors (Lipinski definition) is 2. The van der Waals surface area contributed by atoms with Crippen LogP contribution in [0.5, 0.6) is 0 Å². The van der Waals surface area contributed by atoms with Gasteiger partial charge < -0.3 is 10.1 Å². The Hall–Kier alpha value is -0.990. The Bertz CT molecular complexity index is 334. The van der Waals surface area contributed by atoms with Gasteiger partial charge in [0.2, 0.25) is 0 Å². The van der Waals surface area contributed by atoms with E-state index in [1.54, 1.807) is 0 Å². The van der Waals surface area contributed by atoms with Crippen LogP contribution in [0, 0.1) is 11.8 Å². The molecule has 0 aromatic rings. The summed E-state index contributed by atoms with van der Waals surface area (Å²) >= 11 is 0. The zero-order valence-corrected chi connectivity index (χ0v) is 7.89.